The average Bonchev–Trinajstić information content (AvgIpc) is 3.11. The highest BCUT2D eigenvalue weighted by molar-refractivity contribution is 7.93. The number of urea groups is 1. The minimum Gasteiger partial charge on any atom is -0.497 e. The van der Waals surface area contributed by atoms with Gasteiger partial charge >= 0.3 is 6.03 Å². The van der Waals surface area contributed by atoms with Crippen LogP contribution in [-0.2, 0) is 9.84 Å². The molecule has 0 radical (unpaired) electrons. The first-order chi connectivity index (χ1) is 14.2. The number of nitrogens with one attached hydrogen (secondary N) is 2. The monoisotopic (exact) mass is 449 g/mol. The lowest BCUT2D eigenvalue weighted by Crippen LogP contribution is -2.19. The van der Waals surface area contributed by atoms with Gasteiger partial charge in [0.1, 0.15) is 11.5 Å². The molecule has 0 aliphatic carbocycles. The molecule has 0 aliphatic heterocycles. The normalized spacial score (nSPS) is 11.5. The second kappa shape index (κ2) is 8.88. The van der Waals surface area contributed by atoms with Crippen LogP contribution in [0.1, 0.15) is 13.8 Å². The molecule has 0 aliphatic rings. The summed E-state index contributed by atoms with van der Waals surface area (Å²) in [5.41, 5.74) is 1.54. The quantitative estimate of drug-likeness (QED) is 0.554. The number of carbonyl (C=O) groups excluding carboxylic acids is 1. The van der Waals surface area contributed by atoms with E-state index in [4.69, 9.17) is 9.47 Å². The summed E-state index contributed by atoms with van der Waals surface area (Å²) in [5, 5.41) is 5.46. The van der Waals surface area contributed by atoms with E-state index in [0.717, 1.165) is 11.3 Å². The van der Waals surface area contributed by atoms with Gasteiger partial charge in [0.15, 0.2) is 0 Å². The minimum atomic E-state index is -3.43. The Morgan fingerprint density at radius 3 is 2.53 bits per heavy atom. The molecular formula is C20H23N3O5S2. The maximum atomic E-state index is 12.4. The third-order valence-electron chi connectivity index (χ3n) is 4.10. The highest BCUT2D eigenvalue weighted by Crippen LogP contribution is 2.31. The molecule has 0 bridgehead atoms. The number of rotatable bonds is 7. The largest absolute Gasteiger partial charge is 0.497 e. The number of hydrogen-bond donors (Lipinski definition) is 2. The first-order valence-electron chi connectivity index (χ1n) is 9.15. The molecule has 3 aromatic rings. The molecule has 1 aromatic heterocycles. The van der Waals surface area contributed by atoms with Crippen molar-refractivity contribution in [2.24, 2.45) is 5.92 Å². The van der Waals surface area contributed by atoms with Gasteiger partial charge in [-0.05, 0) is 36.2 Å². The molecular weight excluding hydrogens is 426 g/mol. The van der Waals surface area contributed by atoms with Gasteiger partial charge in [0.05, 0.1) is 35.9 Å². The van der Waals surface area contributed by atoms with Gasteiger partial charge in [-0.2, -0.15) is 0 Å². The molecule has 1 heterocycles. The van der Waals surface area contributed by atoms with Crippen molar-refractivity contribution in [3.8, 4) is 11.5 Å². The van der Waals surface area contributed by atoms with Crippen LogP contribution in [0.3, 0.4) is 0 Å². The topological polar surface area (TPSA) is 107 Å². The molecule has 30 heavy (non-hydrogen) atoms. The predicted octanol–water partition coefficient (Wildman–Crippen LogP) is 4.39. The van der Waals surface area contributed by atoms with E-state index >= 15 is 0 Å². The maximum absolute atomic E-state index is 12.4. The Bertz CT molecular complexity index is 1170. The standard InChI is InChI=1S/C20H23N3O5S2/c1-12(2)11-30(25,26)20-23-15-7-5-13(9-18(15)29-20)21-19(24)22-16-10-14(27-3)6-8-17(16)28-4/h5-10,12H,11H2,1-4H3,(H2,21,22,24). The Hall–Kier alpha value is -2.85. The lowest BCUT2D eigenvalue weighted by atomic mass is 10.2. The van der Waals surface area contributed by atoms with E-state index in [2.05, 4.69) is 15.6 Å². The van der Waals surface area contributed by atoms with Crippen LogP contribution in [0.5, 0.6) is 11.5 Å². The fourth-order valence-electron chi connectivity index (χ4n) is 2.82. The van der Waals surface area contributed by atoms with Crippen molar-refractivity contribution in [2.45, 2.75) is 18.2 Å². The van der Waals surface area contributed by atoms with Crippen molar-refractivity contribution < 1.29 is 22.7 Å². The molecule has 0 atom stereocenters. The Kier molecular flexibility index (Phi) is 6.47. The number of methoxy groups -OCH3 is 2. The van der Waals surface area contributed by atoms with Crippen LogP contribution in [0.4, 0.5) is 16.2 Å². The van der Waals surface area contributed by atoms with Crippen molar-refractivity contribution in [1.82, 2.24) is 4.98 Å². The number of nitrogens with zero attached hydrogens (tertiary/aromatic N) is 1. The van der Waals surface area contributed by atoms with Crippen molar-refractivity contribution in [1.29, 1.82) is 0 Å². The number of anilines is 2. The SMILES string of the molecule is COc1ccc(OC)c(NC(=O)Nc2ccc3nc(S(=O)(=O)CC(C)C)sc3c2)c1. The molecule has 0 saturated carbocycles. The van der Waals surface area contributed by atoms with Gasteiger partial charge in [-0.1, -0.05) is 13.8 Å². The van der Waals surface area contributed by atoms with Crippen LogP contribution in [-0.4, -0.2) is 39.4 Å². The number of thiazole rings is 1. The summed E-state index contributed by atoms with van der Waals surface area (Å²) >= 11 is 1.10. The Balaban J connectivity index is 1.79. The summed E-state index contributed by atoms with van der Waals surface area (Å²) < 4.78 is 36.1. The Labute approximate surface area is 179 Å². The molecule has 2 N–H and O–H groups in total. The fourth-order valence-corrected chi connectivity index (χ4v) is 5.80. The molecule has 0 fully saturated rings. The molecule has 160 valence electrons. The smallest absolute Gasteiger partial charge is 0.323 e. The summed E-state index contributed by atoms with van der Waals surface area (Å²) in [6, 6.07) is 9.64. The zero-order valence-corrected chi connectivity index (χ0v) is 18.7. The second-order valence-electron chi connectivity index (χ2n) is 6.98. The van der Waals surface area contributed by atoms with E-state index in [1.807, 2.05) is 13.8 Å². The van der Waals surface area contributed by atoms with E-state index in [-0.39, 0.29) is 16.0 Å². The zero-order valence-electron chi connectivity index (χ0n) is 17.1. The number of aromatic nitrogens is 1. The predicted molar refractivity (Wildman–Crippen MR) is 119 cm³/mol. The van der Waals surface area contributed by atoms with Gasteiger partial charge in [-0.25, -0.2) is 18.2 Å². The number of ether oxygens (including phenoxy) is 2. The fraction of sp³-hybridized carbons (Fsp3) is 0.300. The van der Waals surface area contributed by atoms with Crippen molar-refractivity contribution >= 4 is 48.8 Å². The van der Waals surface area contributed by atoms with Gasteiger partial charge in [0.25, 0.3) is 0 Å². The van der Waals surface area contributed by atoms with Crippen LogP contribution in [0.2, 0.25) is 0 Å². The Morgan fingerprint density at radius 2 is 1.87 bits per heavy atom. The van der Waals surface area contributed by atoms with Crippen molar-refractivity contribution in [2.75, 3.05) is 30.6 Å². The third-order valence-corrected chi connectivity index (χ3v) is 7.65. The first kappa shape index (κ1) is 21.8. The summed E-state index contributed by atoms with van der Waals surface area (Å²) in [6.07, 6.45) is 0. The molecule has 2 aromatic carbocycles. The number of benzene rings is 2. The highest BCUT2D eigenvalue weighted by atomic mass is 32.2. The van der Waals surface area contributed by atoms with Crippen molar-refractivity contribution in [3.05, 3.63) is 36.4 Å². The number of hydrogen-bond acceptors (Lipinski definition) is 7. The molecule has 0 unspecified atom stereocenters. The molecule has 8 nitrogen and oxygen atoms in total. The van der Waals surface area contributed by atoms with E-state index < -0.39 is 15.9 Å². The number of amides is 2. The van der Waals surface area contributed by atoms with Gasteiger partial charge in [0.2, 0.25) is 14.2 Å². The third kappa shape index (κ3) is 5.00. The van der Waals surface area contributed by atoms with E-state index in [1.165, 1.54) is 14.2 Å². The molecule has 10 heteroatoms. The summed E-state index contributed by atoms with van der Waals surface area (Å²) in [6.45, 7) is 3.70. The summed E-state index contributed by atoms with van der Waals surface area (Å²) in [7, 11) is -0.390. The van der Waals surface area contributed by atoms with E-state index in [9.17, 15) is 13.2 Å². The van der Waals surface area contributed by atoms with Gasteiger partial charge in [-0.15, -0.1) is 11.3 Å². The van der Waals surface area contributed by atoms with Gasteiger partial charge < -0.3 is 20.1 Å². The average molecular weight is 450 g/mol. The maximum Gasteiger partial charge on any atom is 0.323 e. The molecule has 2 amide bonds. The van der Waals surface area contributed by atoms with Crippen molar-refractivity contribution in [3.63, 3.8) is 0 Å². The number of fused-ring (bicyclic) bond motifs is 1. The van der Waals surface area contributed by atoms with Crippen LogP contribution in [0.25, 0.3) is 10.2 Å². The van der Waals surface area contributed by atoms with Gasteiger partial charge in [0, 0.05) is 11.8 Å². The summed E-state index contributed by atoms with van der Waals surface area (Å²) in [4.78, 5) is 16.7. The van der Waals surface area contributed by atoms with Gasteiger partial charge in [-0.3, -0.25) is 0 Å². The number of sulfone groups is 1. The van der Waals surface area contributed by atoms with Crippen LogP contribution < -0.4 is 20.1 Å². The van der Waals surface area contributed by atoms with Crippen LogP contribution >= 0.6 is 11.3 Å². The number of carbonyl (C=O) groups is 1. The van der Waals surface area contributed by atoms with Crippen LogP contribution in [0.15, 0.2) is 40.7 Å². The highest BCUT2D eigenvalue weighted by Gasteiger charge is 2.21. The zero-order chi connectivity index (χ0) is 21.9. The van der Waals surface area contributed by atoms with E-state index in [1.54, 1.807) is 36.4 Å². The lowest BCUT2D eigenvalue weighted by Gasteiger charge is -2.12. The summed E-state index contributed by atoms with van der Waals surface area (Å²) in [5.74, 6) is 1.12. The lowest BCUT2D eigenvalue weighted by molar-refractivity contribution is 0.262. The van der Waals surface area contributed by atoms with E-state index in [0.29, 0.717) is 33.1 Å². The molecule has 3 rings (SSSR count). The Morgan fingerprint density at radius 1 is 1.10 bits per heavy atom. The second-order valence-corrected chi connectivity index (χ2v) is 10.2. The minimum absolute atomic E-state index is 0.0107. The molecule has 0 spiro atoms. The van der Waals surface area contributed by atoms with Crippen LogP contribution in [0, 0.1) is 5.92 Å². The molecule has 0 saturated heterocycles. The first-order valence-corrected chi connectivity index (χ1v) is 11.6.